The van der Waals surface area contributed by atoms with Crippen molar-refractivity contribution in [3.05, 3.63) is 90.0 Å². The van der Waals surface area contributed by atoms with Crippen LogP contribution in [0.3, 0.4) is 0 Å². The van der Waals surface area contributed by atoms with E-state index in [1.54, 1.807) is 49.7 Å². The zero-order chi connectivity index (χ0) is 26.2. The Labute approximate surface area is 219 Å². The molecule has 37 heavy (non-hydrogen) atoms. The molecule has 2 amide bonds. The van der Waals surface area contributed by atoms with Crippen molar-refractivity contribution < 1.29 is 19.4 Å². The van der Waals surface area contributed by atoms with Crippen molar-refractivity contribution in [2.45, 2.75) is 18.6 Å². The lowest BCUT2D eigenvalue weighted by molar-refractivity contribution is -0.121. The van der Waals surface area contributed by atoms with Gasteiger partial charge in [-0.05, 0) is 66.6 Å². The molecule has 1 aliphatic rings. The molecule has 0 radical (unpaired) electrons. The van der Waals surface area contributed by atoms with Gasteiger partial charge in [0.15, 0.2) is 5.17 Å². The van der Waals surface area contributed by atoms with Crippen molar-refractivity contribution in [2.24, 2.45) is 10.2 Å². The summed E-state index contributed by atoms with van der Waals surface area (Å²) in [5, 5.41) is 20.6. The number of ether oxygens (including phenoxy) is 1. The van der Waals surface area contributed by atoms with Crippen LogP contribution < -0.4 is 15.0 Å². The van der Waals surface area contributed by atoms with E-state index in [0.717, 1.165) is 11.1 Å². The van der Waals surface area contributed by atoms with E-state index in [-0.39, 0.29) is 24.0 Å². The standard InChI is InChI=1S/C28H26N4O4S/c1-19(16-20-6-4-3-5-7-20)18-29-31-28-32(22-10-12-23(33)13-11-22)27(35)25(37-28)17-26(34)30-21-8-14-24(36-2)15-9-21/h3-16,18,25,33H,17H2,1-2H3,(H,30,34)/b19-16+,29-18+,31-28+. The fourth-order valence-corrected chi connectivity index (χ4v) is 4.67. The van der Waals surface area contributed by atoms with E-state index in [4.69, 9.17) is 4.74 Å². The van der Waals surface area contributed by atoms with Gasteiger partial charge in [0.2, 0.25) is 11.8 Å². The maximum absolute atomic E-state index is 13.3. The highest BCUT2D eigenvalue weighted by Gasteiger charge is 2.40. The monoisotopic (exact) mass is 514 g/mol. The van der Waals surface area contributed by atoms with Gasteiger partial charge in [0.1, 0.15) is 16.7 Å². The van der Waals surface area contributed by atoms with Crippen LogP contribution in [0.15, 0.2) is 94.6 Å². The van der Waals surface area contributed by atoms with Gasteiger partial charge in [-0.3, -0.25) is 14.5 Å². The SMILES string of the molecule is COc1ccc(NC(=O)CC2S/C(=N/N=C/C(C)=C/c3ccccc3)N(c3ccc(O)cc3)C2=O)cc1. The smallest absolute Gasteiger partial charge is 0.247 e. The molecule has 9 heteroatoms. The van der Waals surface area contributed by atoms with Gasteiger partial charge in [0, 0.05) is 12.1 Å². The summed E-state index contributed by atoms with van der Waals surface area (Å²) in [6.45, 7) is 1.91. The Morgan fingerprint density at radius 3 is 2.46 bits per heavy atom. The largest absolute Gasteiger partial charge is 0.508 e. The second-order valence-electron chi connectivity index (χ2n) is 8.20. The number of hydrogen-bond acceptors (Lipinski definition) is 7. The van der Waals surface area contributed by atoms with E-state index in [9.17, 15) is 14.7 Å². The molecule has 0 aliphatic carbocycles. The molecule has 1 saturated heterocycles. The molecule has 2 N–H and O–H groups in total. The first-order valence-electron chi connectivity index (χ1n) is 11.5. The Hall–Kier alpha value is -4.37. The number of methoxy groups -OCH3 is 1. The zero-order valence-corrected chi connectivity index (χ0v) is 21.2. The highest BCUT2D eigenvalue weighted by Crippen LogP contribution is 2.34. The summed E-state index contributed by atoms with van der Waals surface area (Å²) in [5.74, 6) is 0.176. The Morgan fingerprint density at radius 2 is 1.78 bits per heavy atom. The quantitative estimate of drug-likeness (QED) is 0.313. The molecular formula is C28H26N4O4S. The summed E-state index contributed by atoms with van der Waals surface area (Å²) >= 11 is 1.18. The van der Waals surface area contributed by atoms with Crippen LogP contribution in [-0.4, -0.2) is 40.7 Å². The number of nitrogens with one attached hydrogen (secondary N) is 1. The first kappa shape index (κ1) is 25.7. The van der Waals surface area contributed by atoms with Gasteiger partial charge < -0.3 is 15.2 Å². The fraction of sp³-hybridized carbons (Fsp3) is 0.143. The molecule has 1 atom stereocenters. The van der Waals surface area contributed by atoms with Gasteiger partial charge in [0.25, 0.3) is 0 Å². The highest BCUT2D eigenvalue weighted by molar-refractivity contribution is 8.16. The van der Waals surface area contributed by atoms with Crippen molar-refractivity contribution in [2.75, 3.05) is 17.3 Å². The molecule has 4 rings (SSSR count). The van der Waals surface area contributed by atoms with Gasteiger partial charge >= 0.3 is 0 Å². The summed E-state index contributed by atoms with van der Waals surface area (Å²) in [7, 11) is 1.57. The van der Waals surface area contributed by atoms with Gasteiger partial charge in [-0.2, -0.15) is 5.10 Å². The number of carbonyl (C=O) groups excluding carboxylic acids is 2. The lowest BCUT2D eigenvalue weighted by Gasteiger charge is -2.16. The number of carbonyl (C=O) groups is 2. The normalized spacial score (nSPS) is 17.0. The maximum Gasteiger partial charge on any atom is 0.247 e. The Balaban J connectivity index is 1.51. The van der Waals surface area contributed by atoms with Gasteiger partial charge in [-0.15, -0.1) is 5.10 Å². The molecule has 1 heterocycles. The van der Waals surface area contributed by atoms with Crippen LogP contribution in [0.25, 0.3) is 6.08 Å². The van der Waals surface area contributed by atoms with E-state index in [0.29, 0.717) is 22.3 Å². The average Bonchev–Trinajstić information content (AvgIpc) is 3.20. The number of amidine groups is 1. The van der Waals surface area contributed by atoms with Crippen molar-refractivity contribution in [3.63, 3.8) is 0 Å². The van der Waals surface area contributed by atoms with E-state index in [1.165, 1.54) is 28.8 Å². The summed E-state index contributed by atoms with van der Waals surface area (Å²) < 4.78 is 5.14. The van der Waals surface area contributed by atoms with Crippen LogP contribution in [0.2, 0.25) is 0 Å². The number of hydrogen-bond donors (Lipinski definition) is 2. The molecule has 1 fully saturated rings. The maximum atomic E-state index is 13.3. The van der Waals surface area contributed by atoms with Crippen molar-refractivity contribution >= 4 is 52.4 Å². The molecular weight excluding hydrogens is 488 g/mol. The lowest BCUT2D eigenvalue weighted by atomic mass is 10.1. The average molecular weight is 515 g/mol. The predicted octanol–water partition coefficient (Wildman–Crippen LogP) is 5.32. The second-order valence-corrected chi connectivity index (χ2v) is 9.37. The third kappa shape index (κ3) is 6.86. The van der Waals surface area contributed by atoms with Crippen molar-refractivity contribution in [1.82, 2.24) is 0 Å². The molecule has 188 valence electrons. The van der Waals surface area contributed by atoms with Gasteiger partial charge in [-0.25, -0.2) is 0 Å². The minimum absolute atomic E-state index is 0.0419. The van der Waals surface area contributed by atoms with Crippen LogP contribution in [0.5, 0.6) is 11.5 Å². The van der Waals surface area contributed by atoms with Crippen molar-refractivity contribution in [1.29, 1.82) is 0 Å². The topological polar surface area (TPSA) is 104 Å². The number of phenolic OH excluding ortho intramolecular Hbond substituents is 1. The van der Waals surface area contributed by atoms with Crippen LogP contribution in [0.1, 0.15) is 18.9 Å². The van der Waals surface area contributed by atoms with Crippen LogP contribution >= 0.6 is 11.8 Å². The number of rotatable bonds is 8. The van der Waals surface area contributed by atoms with Gasteiger partial charge in [-0.1, -0.05) is 48.2 Å². The molecule has 0 aromatic heterocycles. The number of aromatic hydroxyl groups is 1. The summed E-state index contributed by atoms with van der Waals surface area (Å²) in [5.41, 5.74) is 3.06. The van der Waals surface area contributed by atoms with E-state index in [2.05, 4.69) is 15.5 Å². The van der Waals surface area contributed by atoms with Crippen molar-refractivity contribution in [3.8, 4) is 11.5 Å². The summed E-state index contributed by atoms with van der Waals surface area (Å²) in [4.78, 5) is 27.4. The molecule has 1 unspecified atom stereocenters. The lowest BCUT2D eigenvalue weighted by Crippen LogP contribution is -2.33. The van der Waals surface area contributed by atoms with E-state index >= 15 is 0 Å². The Morgan fingerprint density at radius 1 is 1.08 bits per heavy atom. The zero-order valence-electron chi connectivity index (χ0n) is 20.4. The molecule has 3 aromatic rings. The first-order valence-corrected chi connectivity index (χ1v) is 12.4. The molecule has 8 nitrogen and oxygen atoms in total. The fourth-order valence-electron chi connectivity index (χ4n) is 3.58. The van der Waals surface area contributed by atoms with Crippen LogP contribution in [0, 0.1) is 0 Å². The van der Waals surface area contributed by atoms with E-state index in [1.807, 2.05) is 43.3 Å². The third-order valence-corrected chi connectivity index (χ3v) is 6.51. The molecule has 0 saturated carbocycles. The van der Waals surface area contributed by atoms with Crippen LogP contribution in [0.4, 0.5) is 11.4 Å². The van der Waals surface area contributed by atoms with E-state index < -0.39 is 5.25 Å². The number of allylic oxidation sites excluding steroid dienone is 1. The Bertz CT molecular complexity index is 1340. The molecule has 0 spiro atoms. The number of phenols is 1. The summed E-state index contributed by atoms with van der Waals surface area (Å²) in [6, 6.07) is 23.0. The minimum Gasteiger partial charge on any atom is -0.508 e. The summed E-state index contributed by atoms with van der Waals surface area (Å²) in [6.07, 6.45) is 3.55. The third-order valence-electron chi connectivity index (χ3n) is 5.39. The predicted molar refractivity (Wildman–Crippen MR) is 149 cm³/mol. The first-order chi connectivity index (χ1) is 17.9. The number of thioether (sulfide) groups is 1. The number of nitrogens with zero attached hydrogens (tertiary/aromatic N) is 3. The number of amides is 2. The Kier molecular flexibility index (Phi) is 8.37. The highest BCUT2D eigenvalue weighted by atomic mass is 32.2. The molecule has 3 aromatic carbocycles. The molecule has 0 bridgehead atoms. The van der Waals surface area contributed by atoms with Crippen LogP contribution in [-0.2, 0) is 9.59 Å². The second kappa shape index (κ2) is 12.0. The number of benzene rings is 3. The number of anilines is 2. The molecule has 1 aliphatic heterocycles. The van der Waals surface area contributed by atoms with Gasteiger partial charge in [0.05, 0.1) is 19.0 Å². The minimum atomic E-state index is -0.679.